The molecule has 0 radical (unpaired) electrons. The van der Waals surface area contributed by atoms with Gasteiger partial charge < -0.3 is 20.5 Å². The van der Waals surface area contributed by atoms with Crippen LogP contribution in [0.2, 0.25) is 0 Å². The van der Waals surface area contributed by atoms with Gasteiger partial charge in [-0.2, -0.15) is 8.78 Å². The molecule has 8 heteroatoms. The fourth-order valence-corrected chi connectivity index (χ4v) is 1.36. The quantitative estimate of drug-likeness (QED) is 0.700. The molecule has 1 atom stereocenters. The van der Waals surface area contributed by atoms with E-state index >= 15 is 0 Å². The van der Waals surface area contributed by atoms with Crippen molar-refractivity contribution in [2.45, 2.75) is 19.1 Å². The number of carbonyl (C=O) groups excluding carboxylic acids is 1. The Morgan fingerprint density at radius 2 is 1.95 bits per heavy atom. The normalized spacial score (nSPS) is 11.3. The zero-order valence-corrected chi connectivity index (χ0v) is 10.7. The van der Waals surface area contributed by atoms with Gasteiger partial charge in [0.25, 0.3) is 0 Å². The van der Waals surface area contributed by atoms with Crippen LogP contribution in [0, 0.1) is 12.3 Å². The maximum atomic E-state index is 11.9. The van der Waals surface area contributed by atoms with Crippen molar-refractivity contribution in [3.8, 4) is 18.1 Å². The molecule has 0 heterocycles. The molecular weight excluding hydrogens is 286 g/mol. The number of hydrogen-bond donors (Lipinski definition) is 3. The largest absolute Gasteiger partial charge is 0.480 e. The van der Waals surface area contributed by atoms with Gasteiger partial charge in [-0.15, -0.1) is 12.3 Å². The van der Waals surface area contributed by atoms with Gasteiger partial charge in [-0.25, -0.2) is 9.59 Å². The molecule has 1 aromatic rings. The van der Waals surface area contributed by atoms with Gasteiger partial charge in [-0.3, -0.25) is 0 Å². The molecule has 2 amide bonds. The molecule has 1 aromatic carbocycles. The number of amides is 2. The van der Waals surface area contributed by atoms with E-state index in [1.165, 1.54) is 24.3 Å². The second kappa shape index (κ2) is 7.69. The van der Waals surface area contributed by atoms with E-state index in [0.717, 1.165) is 0 Å². The van der Waals surface area contributed by atoms with Gasteiger partial charge in [-0.05, 0) is 24.3 Å². The Bertz CT molecular complexity index is 540. The lowest BCUT2D eigenvalue weighted by molar-refractivity contribution is -0.139. The van der Waals surface area contributed by atoms with Crippen LogP contribution >= 0.6 is 0 Å². The van der Waals surface area contributed by atoms with Crippen LogP contribution in [-0.4, -0.2) is 29.8 Å². The summed E-state index contributed by atoms with van der Waals surface area (Å²) < 4.78 is 28.0. The molecular formula is C13H12F2N2O4. The number of anilines is 1. The average Bonchev–Trinajstić information content (AvgIpc) is 2.40. The summed E-state index contributed by atoms with van der Waals surface area (Å²) in [7, 11) is 0. The van der Waals surface area contributed by atoms with Crippen LogP contribution in [0.15, 0.2) is 24.3 Å². The van der Waals surface area contributed by atoms with E-state index in [4.69, 9.17) is 11.5 Å². The minimum absolute atomic E-state index is 0.0632. The highest BCUT2D eigenvalue weighted by Gasteiger charge is 2.18. The maximum absolute atomic E-state index is 11.9. The topological polar surface area (TPSA) is 87.7 Å². The molecule has 0 saturated carbocycles. The monoisotopic (exact) mass is 298 g/mol. The minimum atomic E-state index is -2.94. The first-order valence-corrected chi connectivity index (χ1v) is 5.71. The third-order valence-corrected chi connectivity index (χ3v) is 2.26. The summed E-state index contributed by atoms with van der Waals surface area (Å²) >= 11 is 0. The fraction of sp³-hybridized carbons (Fsp3) is 0.231. The number of nitrogens with one attached hydrogen (secondary N) is 2. The Hall–Kier alpha value is -2.82. The van der Waals surface area contributed by atoms with E-state index in [2.05, 4.69) is 21.3 Å². The van der Waals surface area contributed by atoms with Gasteiger partial charge in [0, 0.05) is 12.1 Å². The predicted octanol–water partition coefficient (Wildman–Crippen LogP) is 1.89. The van der Waals surface area contributed by atoms with Gasteiger partial charge in [0.2, 0.25) is 0 Å². The third-order valence-electron chi connectivity index (χ3n) is 2.26. The van der Waals surface area contributed by atoms with E-state index in [-0.39, 0.29) is 17.9 Å². The van der Waals surface area contributed by atoms with Crippen LogP contribution < -0.4 is 15.4 Å². The van der Waals surface area contributed by atoms with Crippen molar-refractivity contribution in [1.29, 1.82) is 0 Å². The number of terminal acetylenes is 1. The molecule has 0 aliphatic carbocycles. The summed E-state index contributed by atoms with van der Waals surface area (Å²) in [5, 5.41) is 13.3. The molecule has 0 fully saturated rings. The smallest absolute Gasteiger partial charge is 0.387 e. The summed E-state index contributed by atoms with van der Waals surface area (Å²) in [5.74, 6) is 0.809. The Kier molecular flexibility index (Phi) is 5.95. The Balaban J connectivity index is 2.58. The molecule has 0 aliphatic heterocycles. The number of urea groups is 1. The van der Waals surface area contributed by atoms with E-state index in [0.29, 0.717) is 0 Å². The number of ether oxygens (including phenoxy) is 1. The van der Waals surface area contributed by atoms with Crippen LogP contribution in [-0.2, 0) is 4.79 Å². The van der Waals surface area contributed by atoms with Gasteiger partial charge in [0.1, 0.15) is 11.8 Å². The molecule has 0 aromatic heterocycles. The summed E-state index contributed by atoms with van der Waals surface area (Å²) in [5.41, 5.74) is 0.277. The van der Waals surface area contributed by atoms with Gasteiger partial charge >= 0.3 is 18.6 Å². The van der Waals surface area contributed by atoms with Gasteiger partial charge in [-0.1, -0.05) is 0 Å². The van der Waals surface area contributed by atoms with E-state index in [1.54, 1.807) is 0 Å². The van der Waals surface area contributed by atoms with Crippen molar-refractivity contribution in [3.63, 3.8) is 0 Å². The Morgan fingerprint density at radius 1 is 1.33 bits per heavy atom. The van der Waals surface area contributed by atoms with Crippen LogP contribution in [0.3, 0.4) is 0 Å². The van der Waals surface area contributed by atoms with Crippen LogP contribution in [0.4, 0.5) is 19.3 Å². The van der Waals surface area contributed by atoms with E-state index < -0.39 is 24.7 Å². The number of halogens is 2. The molecule has 21 heavy (non-hydrogen) atoms. The SMILES string of the molecule is C#CCC(NC(=O)Nc1ccc(OC(F)F)cc1)C(=O)O. The van der Waals surface area contributed by atoms with Crippen molar-refractivity contribution in [3.05, 3.63) is 24.3 Å². The first-order valence-electron chi connectivity index (χ1n) is 5.71. The number of carboxylic acid groups (broad SMARTS) is 1. The van der Waals surface area contributed by atoms with Crippen molar-refractivity contribution in [2.75, 3.05) is 5.32 Å². The highest BCUT2D eigenvalue weighted by atomic mass is 19.3. The maximum Gasteiger partial charge on any atom is 0.387 e. The fourth-order valence-electron chi connectivity index (χ4n) is 1.36. The Morgan fingerprint density at radius 3 is 2.43 bits per heavy atom. The molecule has 1 rings (SSSR count). The van der Waals surface area contributed by atoms with Gasteiger partial charge in [0.15, 0.2) is 0 Å². The molecule has 0 aliphatic rings. The number of alkyl halides is 2. The molecule has 6 nitrogen and oxygen atoms in total. The summed E-state index contributed by atoms with van der Waals surface area (Å²) in [6, 6.07) is 3.13. The summed E-state index contributed by atoms with van der Waals surface area (Å²) in [6.07, 6.45) is 4.83. The second-order valence-corrected chi connectivity index (χ2v) is 3.80. The lowest BCUT2D eigenvalue weighted by Gasteiger charge is -2.13. The molecule has 0 saturated heterocycles. The number of rotatable bonds is 6. The number of carboxylic acids is 1. The first-order chi connectivity index (χ1) is 9.92. The minimum Gasteiger partial charge on any atom is -0.480 e. The third kappa shape index (κ3) is 5.78. The van der Waals surface area contributed by atoms with Crippen molar-refractivity contribution in [2.24, 2.45) is 0 Å². The van der Waals surface area contributed by atoms with E-state index in [9.17, 15) is 18.4 Å². The first kappa shape index (κ1) is 16.2. The number of benzene rings is 1. The van der Waals surface area contributed by atoms with E-state index in [1.807, 2.05) is 0 Å². The van der Waals surface area contributed by atoms with Crippen molar-refractivity contribution < 1.29 is 28.2 Å². The standard InChI is InChI=1S/C13H12F2N2O4/c1-2-3-10(11(18)19)17-13(20)16-8-4-6-9(7-5-8)21-12(14)15/h1,4-7,10,12H,3H2,(H,18,19)(H2,16,17,20). The number of carbonyl (C=O) groups is 2. The Labute approximate surface area is 119 Å². The second-order valence-electron chi connectivity index (χ2n) is 3.80. The highest BCUT2D eigenvalue weighted by molar-refractivity contribution is 5.92. The van der Waals surface area contributed by atoms with Crippen LogP contribution in [0.5, 0.6) is 5.75 Å². The molecule has 0 spiro atoms. The van der Waals surface area contributed by atoms with Crippen LogP contribution in [0.1, 0.15) is 6.42 Å². The number of hydrogen-bond acceptors (Lipinski definition) is 3. The summed E-state index contributed by atoms with van der Waals surface area (Å²) in [4.78, 5) is 22.4. The highest BCUT2D eigenvalue weighted by Crippen LogP contribution is 2.17. The number of aliphatic carboxylic acids is 1. The van der Waals surface area contributed by atoms with Crippen molar-refractivity contribution in [1.82, 2.24) is 5.32 Å². The average molecular weight is 298 g/mol. The van der Waals surface area contributed by atoms with Gasteiger partial charge in [0.05, 0.1) is 0 Å². The molecule has 3 N–H and O–H groups in total. The predicted molar refractivity (Wildman–Crippen MR) is 70.1 cm³/mol. The zero-order valence-electron chi connectivity index (χ0n) is 10.7. The molecule has 0 bridgehead atoms. The lowest BCUT2D eigenvalue weighted by atomic mass is 10.2. The summed E-state index contributed by atoms with van der Waals surface area (Å²) in [6.45, 7) is -2.94. The lowest BCUT2D eigenvalue weighted by Crippen LogP contribution is -2.42. The zero-order chi connectivity index (χ0) is 15.8. The van der Waals surface area contributed by atoms with Crippen LogP contribution in [0.25, 0.3) is 0 Å². The van der Waals surface area contributed by atoms with Crippen molar-refractivity contribution >= 4 is 17.7 Å². The molecule has 112 valence electrons. The molecule has 1 unspecified atom stereocenters.